The molecule has 0 radical (unpaired) electrons. The van der Waals surface area contributed by atoms with E-state index in [2.05, 4.69) is 11.4 Å². The molecule has 1 aromatic rings. The van der Waals surface area contributed by atoms with E-state index in [1.807, 2.05) is 0 Å². The van der Waals surface area contributed by atoms with Gasteiger partial charge in [-0.3, -0.25) is 5.32 Å². The lowest BCUT2D eigenvalue weighted by Crippen LogP contribution is -2.28. The maximum atomic E-state index is 13.4. The molecule has 1 aromatic carbocycles. The maximum absolute atomic E-state index is 13.4. The first kappa shape index (κ1) is 14.3. The molecule has 0 heterocycles. The Morgan fingerprint density at radius 1 is 1.45 bits per heavy atom. The second kappa shape index (κ2) is 4.78. The molecule has 1 aliphatic carbocycles. The van der Waals surface area contributed by atoms with Gasteiger partial charge in [0.2, 0.25) is 0 Å². The SMILES string of the molecule is CC(C)(C)OC(=O)Nc1ccc(F)cc1C1(C#N)CC1. The van der Waals surface area contributed by atoms with Gasteiger partial charge in [0.15, 0.2) is 0 Å². The van der Waals surface area contributed by atoms with Crippen LogP contribution in [0.15, 0.2) is 18.2 Å². The highest BCUT2D eigenvalue weighted by molar-refractivity contribution is 5.86. The van der Waals surface area contributed by atoms with Crippen LogP contribution in [0.3, 0.4) is 0 Å². The van der Waals surface area contributed by atoms with Gasteiger partial charge in [-0.15, -0.1) is 0 Å². The number of rotatable bonds is 2. The number of nitriles is 1. The summed E-state index contributed by atoms with van der Waals surface area (Å²) in [7, 11) is 0. The van der Waals surface area contributed by atoms with Gasteiger partial charge in [0.05, 0.1) is 11.5 Å². The molecular weight excluding hydrogens is 259 g/mol. The van der Waals surface area contributed by atoms with Crippen molar-refractivity contribution in [2.75, 3.05) is 5.32 Å². The molecule has 0 spiro atoms. The molecule has 2 rings (SSSR count). The van der Waals surface area contributed by atoms with Crippen LogP contribution >= 0.6 is 0 Å². The number of nitrogens with one attached hydrogen (secondary N) is 1. The minimum Gasteiger partial charge on any atom is -0.444 e. The van der Waals surface area contributed by atoms with Crippen molar-refractivity contribution < 1.29 is 13.9 Å². The monoisotopic (exact) mass is 276 g/mol. The summed E-state index contributed by atoms with van der Waals surface area (Å²) in [5, 5.41) is 11.8. The second-order valence-corrected chi connectivity index (χ2v) is 6.01. The van der Waals surface area contributed by atoms with Gasteiger partial charge in [-0.2, -0.15) is 5.26 Å². The Morgan fingerprint density at radius 2 is 2.10 bits per heavy atom. The van der Waals surface area contributed by atoms with Crippen LogP contribution in [0.5, 0.6) is 0 Å². The lowest BCUT2D eigenvalue weighted by Gasteiger charge is -2.21. The zero-order valence-corrected chi connectivity index (χ0v) is 11.8. The fraction of sp³-hybridized carbons (Fsp3) is 0.467. The van der Waals surface area contributed by atoms with E-state index in [1.54, 1.807) is 20.8 Å². The molecule has 1 aliphatic rings. The van der Waals surface area contributed by atoms with E-state index in [4.69, 9.17) is 4.74 Å². The predicted octanol–water partition coefficient (Wildman–Crippen LogP) is 3.73. The third-order valence-corrected chi connectivity index (χ3v) is 3.10. The zero-order chi connectivity index (χ0) is 15.0. The van der Waals surface area contributed by atoms with Crippen LogP contribution in [0.1, 0.15) is 39.2 Å². The summed E-state index contributed by atoms with van der Waals surface area (Å²) in [5.74, 6) is -0.420. The van der Waals surface area contributed by atoms with E-state index < -0.39 is 22.9 Å². The quantitative estimate of drug-likeness (QED) is 0.895. The van der Waals surface area contributed by atoms with E-state index >= 15 is 0 Å². The number of hydrogen-bond acceptors (Lipinski definition) is 3. The largest absolute Gasteiger partial charge is 0.444 e. The van der Waals surface area contributed by atoms with Gasteiger partial charge in [0.25, 0.3) is 0 Å². The van der Waals surface area contributed by atoms with Crippen LogP contribution in [0.4, 0.5) is 14.9 Å². The first-order chi connectivity index (χ1) is 9.26. The lowest BCUT2D eigenvalue weighted by molar-refractivity contribution is 0.0635. The Hall–Kier alpha value is -2.09. The molecule has 1 fully saturated rings. The van der Waals surface area contributed by atoms with E-state index in [1.165, 1.54) is 18.2 Å². The lowest BCUT2D eigenvalue weighted by atomic mass is 9.95. The Balaban J connectivity index is 2.25. The molecular formula is C15H17FN2O2. The fourth-order valence-corrected chi connectivity index (χ4v) is 2.00. The normalized spacial score (nSPS) is 16.1. The molecule has 0 bridgehead atoms. The smallest absolute Gasteiger partial charge is 0.412 e. The number of halogens is 1. The summed E-state index contributed by atoms with van der Waals surface area (Å²) in [6, 6.07) is 6.23. The minimum atomic E-state index is -0.674. The number of benzene rings is 1. The van der Waals surface area contributed by atoms with Gasteiger partial charge >= 0.3 is 6.09 Å². The molecule has 0 saturated heterocycles. The summed E-state index contributed by atoms with van der Waals surface area (Å²) in [6.45, 7) is 5.28. The zero-order valence-electron chi connectivity index (χ0n) is 11.8. The molecule has 0 atom stereocenters. The highest BCUT2D eigenvalue weighted by atomic mass is 19.1. The Morgan fingerprint density at radius 3 is 2.60 bits per heavy atom. The minimum absolute atomic E-state index is 0.420. The number of carbonyl (C=O) groups excluding carboxylic acids is 1. The van der Waals surface area contributed by atoms with Crippen molar-refractivity contribution in [3.05, 3.63) is 29.6 Å². The number of ether oxygens (including phenoxy) is 1. The molecule has 1 saturated carbocycles. The fourth-order valence-electron chi connectivity index (χ4n) is 2.00. The van der Waals surface area contributed by atoms with Crippen LogP contribution < -0.4 is 5.32 Å². The average Bonchev–Trinajstić information content (AvgIpc) is 3.10. The standard InChI is InChI=1S/C15H17FN2O2/c1-14(2,3)20-13(19)18-12-5-4-10(16)8-11(12)15(9-17)6-7-15/h4-5,8H,6-7H2,1-3H3,(H,18,19). The highest BCUT2D eigenvalue weighted by Gasteiger charge is 2.46. The molecule has 5 heteroatoms. The van der Waals surface area contributed by atoms with Gasteiger partial charge in [-0.1, -0.05) is 0 Å². The van der Waals surface area contributed by atoms with Crippen LogP contribution in [0.25, 0.3) is 0 Å². The van der Waals surface area contributed by atoms with Crippen molar-refractivity contribution in [3.8, 4) is 6.07 Å². The van der Waals surface area contributed by atoms with Gasteiger partial charge < -0.3 is 4.74 Å². The summed E-state index contributed by atoms with van der Waals surface area (Å²) in [4.78, 5) is 11.8. The Bertz CT molecular complexity index is 581. The van der Waals surface area contributed by atoms with Gasteiger partial charge in [0.1, 0.15) is 11.4 Å². The van der Waals surface area contributed by atoms with Crippen molar-refractivity contribution in [2.45, 2.75) is 44.6 Å². The summed E-state index contributed by atoms with van der Waals surface area (Å²) < 4.78 is 18.6. The van der Waals surface area contributed by atoms with Crippen LogP contribution in [-0.2, 0) is 10.2 Å². The van der Waals surface area contributed by atoms with E-state index in [0.717, 1.165) is 0 Å². The van der Waals surface area contributed by atoms with Crippen LogP contribution in [-0.4, -0.2) is 11.7 Å². The first-order valence-corrected chi connectivity index (χ1v) is 6.47. The van der Waals surface area contributed by atoms with Crippen molar-refractivity contribution in [2.24, 2.45) is 0 Å². The summed E-state index contributed by atoms with van der Waals surface area (Å²) in [6.07, 6.45) is 0.741. The van der Waals surface area contributed by atoms with Gasteiger partial charge in [-0.05, 0) is 57.4 Å². The van der Waals surface area contributed by atoms with Crippen LogP contribution in [0.2, 0.25) is 0 Å². The molecule has 0 aromatic heterocycles. The number of anilines is 1. The molecule has 4 nitrogen and oxygen atoms in total. The first-order valence-electron chi connectivity index (χ1n) is 6.47. The number of amides is 1. The van der Waals surface area contributed by atoms with Crippen molar-refractivity contribution >= 4 is 11.8 Å². The van der Waals surface area contributed by atoms with Gasteiger partial charge in [-0.25, -0.2) is 9.18 Å². The van der Waals surface area contributed by atoms with E-state index in [0.29, 0.717) is 24.1 Å². The maximum Gasteiger partial charge on any atom is 0.412 e. The molecule has 1 N–H and O–H groups in total. The van der Waals surface area contributed by atoms with Crippen LogP contribution in [0, 0.1) is 17.1 Å². The summed E-state index contributed by atoms with van der Waals surface area (Å²) in [5.41, 5.74) is -0.339. The van der Waals surface area contributed by atoms with Crippen molar-refractivity contribution in [1.29, 1.82) is 5.26 Å². The number of hydrogen-bond donors (Lipinski definition) is 1. The van der Waals surface area contributed by atoms with Crippen molar-refractivity contribution in [3.63, 3.8) is 0 Å². The number of nitrogens with zero attached hydrogens (tertiary/aromatic N) is 1. The van der Waals surface area contributed by atoms with Gasteiger partial charge in [0, 0.05) is 5.69 Å². The number of carbonyl (C=O) groups is 1. The van der Waals surface area contributed by atoms with E-state index in [-0.39, 0.29) is 0 Å². The summed E-state index contributed by atoms with van der Waals surface area (Å²) >= 11 is 0. The Kier molecular flexibility index (Phi) is 3.43. The average molecular weight is 276 g/mol. The third-order valence-electron chi connectivity index (χ3n) is 3.10. The highest BCUT2D eigenvalue weighted by Crippen LogP contribution is 2.50. The Labute approximate surface area is 117 Å². The molecule has 0 aliphatic heterocycles. The predicted molar refractivity (Wildman–Crippen MR) is 72.8 cm³/mol. The van der Waals surface area contributed by atoms with E-state index in [9.17, 15) is 14.4 Å². The molecule has 0 unspecified atom stereocenters. The second-order valence-electron chi connectivity index (χ2n) is 6.01. The molecule has 106 valence electrons. The third kappa shape index (κ3) is 3.08. The molecule has 1 amide bonds. The van der Waals surface area contributed by atoms with Crippen molar-refractivity contribution in [1.82, 2.24) is 0 Å². The topological polar surface area (TPSA) is 62.1 Å². The molecule has 20 heavy (non-hydrogen) atoms.